The summed E-state index contributed by atoms with van der Waals surface area (Å²) in [6.45, 7) is 0. The highest BCUT2D eigenvalue weighted by Gasteiger charge is 2.49. The lowest BCUT2D eigenvalue weighted by Crippen LogP contribution is -2.15. The van der Waals surface area contributed by atoms with Gasteiger partial charge in [0.25, 0.3) is 0 Å². The van der Waals surface area contributed by atoms with Gasteiger partial charge in [-0.1, -0.05) is 5.16 Å². The number of carbonyl (C=O) groups is 1. The van der Waals surface area contributed by atoms with E-state index in [2.05, 4.69) is 9.99 Å². The highest BCUT2D eigenvalue weighted by atomic mass is 16.6. The molecular weight excluding hydrogens is 134 g/mol. The molecule has 0 spiro atoms. The number of hydrogen-bond acceptors (Lipinski definition) is 3. The first-order valence-corrected chi connectivity index (χ1v) is 3.02. The second-order valence-electron chi connectivity index (χ2n) is 2.38. The van der Waals surface area contributed by atoms with Gasteiger partial charge in [-0.25, -0.2) is 0 Å². The fourth-order valence-corrected chi connectivity index (χ4v) is 0.686. The Morgan fingerprint density at radius 1 is 1.80 bits per heavy atom. The normalized spacial score (nSPS) is 20.9. The molecule has 0 unspecified atom stereocenters. The maximum absolute atomic E-state index is 10.4. The van der Waals surface area contributed by atoms with Crippen molar-refractivity contribution in [2.45, 2.75) is 12.8 Å². The van der Waals surface area contributed by atoms with Crippen molar-refractivity contribution >= 4 is 12.2 Å². The number of carboxylic acid groups (broad SMARTS) is 1. The van der Waals surface area contributed by atoms with Gasteiger partial charge in [0, 0.05) is 0 Å². The summed E-state index contributed by atoms with van der Waals surface area (Å²) >= 11 is 0. The third-order valence-corrected chi connectivity index (χ3v) is 1.62. The maximum atomic E-state index is 10.4. The fourth-order valence-electron chi connectivity index (χ4n) is 0.686. The quantitative estimate of drug-likeness (QED) is 0.462. The van der Waals surface area contributed by atoms with Crippen LogP contribution >= 0.6 is 0 Å². The molecule has 1 rings (SSSR count). The smallest absolute Gasteiger partial charge is 0.315 e. The van der Waals surface area contributed by atoms with Gasteiger partial charge in [0.2, 0.25) is 0 Å². The van der Waals surface area contributed by atoms with Crippen LogP contribution in [0.1, 0.15) is 12.8 Å². The summed E-state index contributed by atoms with van der Waals surface area (Å²) in [7, 11) is 1.40. The minimum Gasteiger partial charge on any atom is -0.481 e. The molecule has 1 N–H and O–H groups in total. The summed E-state index contributed by atoms with van der Waals surface area (Å²) in [5.41, 5.74) is -0.698. The highest BCUT2D eigenvalue weighted by molar-refractivity contribution is 5.97. The van der Waals surface area contributed by atoms with Gasteiger partial charge < -0.3 is 9.94 Å². The van der Waals surface area contributed by atoms with Crippen molar-refractivity contribution in [2.24, 2.45) is 10.6 Å². The Balaban J connectivity index is 2.53. The van der Waals surface area contributed by atoms with Gasteiger partial charge in [-0.2, -0.15) is 0 Å². The van der Waals surface area contributed by atoms with Gasteiger partial charge in [-0.15, -0.1) is 0 Å². The van der Waals surface area contributed by atoms with E-state index in [1.54, 1.807) is 0 Å². The van der Waals surface area contributed by atoms with Crippen LogP contribution in [0.25, 0.3) is 0 Å². The number of hydrogen-bond donors (Lipinski definition) is 1. The van der Waals surface area contributed by atoms with Crippen molar-refractivity contribution in [3.05, 3.63) is 0 Å². The van der Waals surface area contributed by atoms with E-state index in [0.29, 0.717) is 12.8 Å². The minimum absolute atomic E-state index is 0.676. The predicted molar refractivity (Wildman–Crippen MR) is 34.8 cm³/mol. The number of oxime groups is 1. The SMILES string of the molecule is CON=CC1(C(=O)O)CC1. The van der Waals surface area contributed by atoms with E-state index in [1.165, 1.54) is 13.3 Å². The zero-order chi connectivity index (χ0) is 7.61. The van der Waals surface area contributed by atoms with Crippen LogP contribution in [0.2, 0.25) is 0 Å². The molecule has 56 valence electrons. The minimum atomic E-state index is -0.812. The van der Waals surface area contributed by atoms with Gasteiger partial charge in [0.15, 0.2) is 0 Å². The van der Waals surface area contributed by atoms with Crippen LogP contribution in [0.3, 0.4) is 0 Å². The fraction of sp³-hybridized carbons (Fsp3) is 0.667. The Kier molecular flexibility index (Phi) is 1.61. The molecule has 1 aliphatic carbocycles. The van der Waals surface area contributed by atoms with Crippen molar-refractivity contribution in [2.75, 3.05) is 7.11 Å². The molecule has 0 saturated heterocycles. The van der Waals surface area contributed by atoms with Crippen molar-refractivity contribution in [3.63, 3.8) is 0 Å². The molecule has 0 radical (unpaired) electrons. The summed E-state index contributed by atoms with van der Waals surface area (Å²) < 4.78 is 0. The second-order valence-corrected chi connectivity index (χ2v) is 2.38. The van der Waals surface area contributed by atoms with Crippen molar-refractivity contribution in [1.29, 1.82) is 0 Å². The standard InChI is InChI=1S/C6H9NO3/c1-10-7-4-6(2-3-6)5(8)9/h4H,2-3H2,1H3,(H,8,9). The maximum Gasteiger partial charge on any atom is 0.315 e. The Morgan fingerprint density at radius 2 is 2.40 bits per heavy atom. The van der Waals surface area contributed by atoms with Crippen LogP contribution in [0, 0.1) is 5.41 Å². The van der Waals surface area contributed by atoms with E-state index in [-0.39, 0.29) is 0 Å². The zero-order valence-electron chi connectivity index (χ0n) is 5.70. The van der Waals surface area contributed by atoms with E-state index < -0.39 is 11.4 Å². The number of carboxylic acids is 1. The molecule has 0 aromatic heterocycles. The summed E-state index contributed by atoms with van der Waals surface area (Å²) in [4.78, 5) is 14.8. The van der Waals surface area contributed by atoms with Gasteiger partial charge in [-0.3, -0.25) is 4.79 Å². The van der Waals surface area contributed by atoms with Crippen LogP contribution < -0.4 is 0 Å². The molecule has 0 aromatic rings. The first-order chi connectivity index (χ1) is 4.71. The topological polar surface area (TPSA) is 58.9 Å². The van der Waals surface area contributed by atoms with Crippen molar-refractivity contribution in [1.82, 2.24) is 0 Å². The number of aliphatic carboxylic acids is 1. The molecule has 0 amide bonds. The molecule has 1 aliphatic rings. The average molecular weight is 143 g/mol. The Labute approximate surface area is 58.5 Å². The van der Waals surface area contributed by atoms with Crippen molar-refractivity contribution in [3.8, 4) is 0 Å². The summed E-state index contributed by atoms with van der Waals surface area (Å²) in [5, 5.41) is 12.0. The molecule has 0 bridgehead atoms. The third kappa shape index (κ3) is 1.10. The third-order valence-electron chi connectivity index (χ3n) is 1.62. The lowest BCUT2D eigenvalue weighted by Gasteiger charge is -1.98. The molecule has 0 heterocycles. The lowest BCUT2D eigenvalue weighted by atomic mass is 10.1. The molecule has 4 nitrogen and oxygen atoms in total. The molecule has 1 saturated carbocycles. The van der Waals surface area contributed by atoms with E-state index in [0.717, 1.165) is 0 Å². The highest BCUT2D eigenvalue weighted by Crippen LogP contribution is 2.43. The van der Waals surface area contributed by atoms with Gasteiger partial charge in [0.1, 0.15) is 12.5 Å². The van der Waals surface area contributed by atoms with Gasteiger partial charge >= 0.3 is 5.97 Å². The van der Waals surface area contributed by atoms with Gasteiger partial charge in [0.05, 0.1) is 6.21 Å². The Morgan fingerprint density at radius 3 is 2.70 bits per heavy atom. The molecule has 0 aromatic carbocycles. The zero-order valence-corrected chi connectivity index (χ0v) is 5.70. The van der Waals surface area contributed by atoms with E-state index >= 15 is 0 Å². The molecule has 1 fully saturated rings. The molecule has 4 heteroatoms. The monoisotopic (exact) mass is 143 g/mol. The first-order valence-electron chi connectivity index (χ1n) is 3.02. The van der Waals surface area contributed by atoms with E-state index in [1.807, 2.05) is 0 Å². The molecule has 0 aliphatic heterocycles. The van der Waals surface area contributed by atoms with Crippen LogP contribution in [-0.4, -0.2) is 24.4 Å². The summed E-state index contributed by atoms with van der Waals surface area (Å²) in [6.07, 6.45) is 2.71. The van der Waals surface area contributed by atoms with Gasteiger partial charge in [-0.05, 0) is 12.8 Å². The lowest BCUT2D eigenvalue weighted by molar-refractivity contribution is -0.140. The Hall–Kier alpha value is -1.06. The Bertz CT molecular complexity index is 172. The van der Waals surface area contributed by atoms with Crippen LogP contribution in [0.15, 0.2) is 5.16 Å². The van der Waals surface area contributed by atoms with Crippen LogP contribution in [0.5, 0.6) is 0 Å². The number of nitrogens with zero attached hydrogens (tertiary/aromatic N) is 1. The summed E-state index contributed by atoms with van der Waals surface area (Å²) in [5.74, 6) is -0.812. The molecule has 0 atom stereocenters. The predicted octanol–water partition coefficient (Wildman–Crippen LogP) is 0.483. The second kappa shape index (κ2) is 2.28. The number of rotatable bonds is 3. The molecule has 10 heavy (non-hydrogen) atoms. The van der Waals surface area contributed by atoms with Crippen LogP contribution in [0.4, 0.5) is 0 Å². The largest absolute Gasteiger partial charge is 0.481 e. The summed E-state index contributed by atoms with van der Waals surface area (Å²) in [6, 6.07) is 0. The van der Waals surface area contributed by atoms with Crippen molar-refractivity contribution < 1.29 is 14.7 Å². The van der Waals surface area contributed by atoms with Crippen LogP contribution in [-0.2, 0) is 9.63 Å². The first kappa shape index (κ1) is 7.05. The average Bonchev–Trinajstić information content (AvgIpc) is 2.64. The molecular formula is C6H9NO3. The van der Waals surface area contributed by atoms with E-state index in [9.17, 15) is 4.79 Å². The van der Waals surface area contributed by atoms with E-state index in [4.69, 9.17) is 5.11 Å².